The van der Waals surface area contributed by atoms with E-state index in [4.69, 9.17) is 14.2 Å². The van der Waals surface area contributed by atoms with Crippen LogP contribution in [-0.4, -0.2) is 49.5 Å². The molecule has 0 unspecified atom stereocenters. The first-order chi connectivity index (χ1) is 17.5. The number of carbonyl (C=O) groups excluding carboxylic acids is 1. The van der Waals surface area contributed by atoms with Crippen LogP contribution in [0.5, 0.6) is 11.5 Å². The van der Waals surface area contributed by atoms with E-state index in [0.29, 0.717) is 42.5 Å². The van der Waals surface area contributed by atoms with Crippen molar-refractivity contribution in [2.45, 2.75) is 40.0 Å². The highest BCUT2D eigenvalue weighted by molar-refractivity contribution is 5.79. The molecule has 36 heavy (non-hydrogen) atoms. The molecule has 1 N–H and O–H groups in total. The van der Waals surface area contributed by atoms with E-state index in [2.05, 4.69) is 20.5 Å². The molecular formula is C25H26N6O5. The number of H-pyrrole nitrogens is 1. The lowest BCUT2D eigenvalue weighted by molar-refractivity contribution is -0.144. The number of pyridine rings is 1. The van der Waals surface area contributed by atoms with Gasteiger partial charge in [0.05, 0.1) is 13.2 Å². The quantitative estimate of drug-likeness (QED) is 0.352. The Balaban J connectivity index is 1.44. The molecule has 0 fully saturated rings. The topological polar surface area (TPSA) is 124 Å². The van der Waals surface area contributed by atoms with Gasteiger partial charge < -0.3 is 19.2 Å². The van der Waals surface area contributed by atoms with Gasteiger partial charge in [0, 0.05) is 24.2 Å². The normalized spacial score (nSPS) is 12.4. The molecule has 0 amide bonds. The maximum absolute atomic E-state index is 12.9. The summed E-state index contributed by atoms with van der Waals surface area (Å²) in [7, 11) is 0. The van der Waals surface area contributed by atoms with Crippen molar-refractivity contribution in [1.82, 2.24) is 30.1 Å². The molecule has 0 radical (unpaired) electrons. The number of ether oxygens (including phenoxy) is 3. The van der Waals surface area contributed by atoms with Crippen LogP contribution in [0.1, 0.15) is 29.4 Å². The minimum atomic E-state index is -0.422. The third-order valence-corrected chi connectivity index (χ3v) is 5.87. The Kier molecular flexibility index (Phi) is 6.63. The highest BCUT2D eigenvalue weighted by atomic mass is 16.7. The van der Waals surface area contributed by atoms with Gasteiger partial charge in [-0.3, -0.25) is 14.5 Å². The smallest absolute Gasteiger partial charge is 0.327 e. The molecule has 1 aliphatic heterocycles. The zero-order valence-electron chi connectivity index (χ0n) is 20.1. The standard InChI is InChI=1S/C25H26N6O5/c1-3-34-24(32)14-31-23(27-28-29-31)13-30(11-17-5-7-21-22(9-17)36-15-35-21)12-19-10-18-6-4-16(2)8-20(18)26-25(19)33/h4-10H,3,11-15H2,1-2H3,(H,26,33). The first-order valence-electron chi connectivity index (χ1n) is 11.6. The van der Waals surface area contributed by atoms with Crippen LogP contribution in [0, 0.1) is 6.92 Å². The van der Waals surface area contributed by atoms with Gasteiger partial charge in [-0.2, -0.15) is 0 Å². The van der Waals surface area contributed by atoms with Gasteiger partial charge in [-0.05, 0) is 65.1 Å². The molecule has 0 saturated carbocycles. The zero-order chi connectivity index (χ0) is 25.1. The van der Waals surface area contributed by atoms with Crippen molar-refractivity contribution in [3.05, 3.63) is 75.3 Å². The first kappa shape index (κ1) is 23.5. The molecule has 0 aliphatic carbocycles. The second-order valence-corrected chi connectivity index (χ2v) is 8.60. The Hall–Kier alpha value is -4.25. The number of aromatic nitrogens is 5. The molecule has 1 aliphatic rings. The third-order valence-electron chi connectivity index (χ3n) is 5.87. The summed E-state index contributed by atoms with van der Waals surface area (Å²) in [6.07, 6.45) is 0. The molecule has 0 bridgehead atoms. The van der Waals surface area contributed by atoms with Crippen LogP contribution in [0.4, 0.5) is 0 Å². The molecule has 5 rings (SSSR count). The number of fused-ring (bicyclic) bond motifs is 2. The van der Waals surface area contributed by atoms with E-state index in [1.807, 2.05) is 54.3 Å². The van der Waals surface area contributed by atoms with Gasteiger partial charge in [-0.25, -0.2) is 4.68 Å². The molecule has 3 heterocycles. The molecule has 0 saturated heterocycles. The van der Waals surface area contributed by atoms with Crippen molar-refractivity contribution in [2.24, 2.45) is 0 Å². The third kappa shape index (κ3) is 5.20. The lowest BCUT2D eigenvalue weighted by Crippen LogP contribution is -2.28. The number of nitrogens with one attached hydrogen (secondary N) is 1. The van der Waals surface area contributed by atoms with Crippen LogP contribution in [0.2, 0.25) is 0 Å². The van der Waals surface area contributed by atoms with E-state index in [1.165, 1.54) is 4.68 Å². The number of benzene rings is 2. The van der Waals surface area contributed by atoms with E-state index < -0.39 is 5.97 Å². The predicted molar refractivity (Wildman–Crippen MR) is 129 cm³/mol. The fourth-order valence-electron chi connectivity index (χ4n) is 4.17. The minimum Gasteiger partial charge on any atom is -0.465 e. The minimum absolute atomic E-state index is 0.0933. The Morgan fingerprint density at radius 3 is 2.83 bits per heavy atom. The van der Waals surface area contributed by atoms with Gasteiger partial charge >= 0.3 is 5.97 Å². The molecule has 0 atom stereocenters. The monoisotopic (exact) mass is 490 g/mol. The number of aryl methyl sites for hydroxylation is 1. The van der Waals surface area contributed by atoms with Gasteiger partial charge in [0.2, 0.25) is 6.79 Å². The number of nitrogens with zero attached hydrogens (tertiary/aromatic N) is 5. The van der Waals surface area contributed by atoms with E-state index in [-0.39, 0.29) is 25.5 Å². The Labute approximate surface area is 206 Å². The number of carbonyl (C=O) groups is 1. The van der Waals surface area contributed by atoms with Crippen LogP contribution in [0.3, 0.4) is 0 Å². The summed E-state index contributed by atoms with van der Waals surface area (Å²) >= 11 is 0. The first-order valence-corrected chi connectivity index (χ1v) is 11.6. The molecule has 2 aromatic carbocycles. The second kappa shape index (κ2) is 10.2. The SMILES string of the molecule is CCOC(=O)Cn1nnnc1CN(Cc1ccc2c(c1)OCO2)Cc1cc2ccc(C)cc2[nH]c1=O. The molecule has 2 aromatic heterocycles. The predicted octanol–water partition coefficient (Wildman–Crippen LogP) is 2.32. The highest BCUT2D eigenvalue weighted by Gasteiger charge is 2.19. The number of rotatable bonds is 9. The summed E-state index contributed by atoms with van der Waals surface area (Å²) in [4.78, 5) is 30.0. The van der Waals surface area contributed by atoms with Crippen LogP contribution < -0.4 is 15.0 Å². The van der Waals surface area contributed by atoms with Crippen molar-refractivity contribution < 1.29 is 19.0 Å². The van der Waals surface area contributed by atoms with Crippen LogP contribution >= 0.6 is 0 Å². The molecule has 4 aromatic rings. The van der Waals surface area contributed by atoms with Crippen molar-refractivity contribution in [1.29, 1.82) is 0 Å². The highest BCUT2D eigenvalue weighted by Crippen LogP contribution is 2.33. The number of hydrogen-bond acceptors (Lipinski definition) is 9. The van der Waals surface area contributed by atoms with E-state index in [0.717, 1.165) is 22.0 Å². The fraction of sp³-hybridized carbons (Fsp3) is 0.320. The fourth-order valence-corrected chi connectivity index (χ4v) is 4.17. The number of esters is 1. The lowest BCUT2D eigenvalue weighted by atomic mass is 10.1. The summed E-state index contributed by atoms with van der Waals surface area (Å²) in [5.41, 5.74) is 3.29. The maximum Gasteiger partial charge on any atom is 0.327 e. The number of tetrazole rings is 1. The summed E-state index contributed by atoms with van der Waals surface area (Å²) in [6, 6.07) is 13.6. The van der Waals surface area contributed by atoms with Crippen LogP contribution in [-0.2, 0) is 35.7 Å². The van der Waals surface area contributed by atoms with E-state index >= 15 is 0 Å². The lowest BCUT2D eigenvalue weighted by Gasteiger charge is -2.22. The van der Waals surface area contributed by atoms with Gasteiger partial charge in [-0.1, -0.05) is 18.2 Å². The summed E-state index contributed by atoms with van der Waals surface area (Å²) in [5.74, 6) is 1.44. The zero-order valence-corrected chi connectivity index (χ0v) is 20.1. The van der Waals surface area contributed by atoms with E-state index in [1.54, 1.807) is 6.92 Å². The van der Waals surface area contributed by atoms with Gasteiger partial charge in [0.1, 0.15) is 6.54 Å². The van der Waals surface area contributed by atoms with Crippen LogP contribution in [0.15, 0.2) is 47.3 Å². The summed E-state index contributed by atoms with van der Waals surface area (Å²) in [6.45, 7) is 5.21. The number of aromatic amines is 1. The molecule has 11 heteroatoms. The van der Waals surface area contributed by atoms with E-state index in [9.17, 15) is 9.59 Å². The Morgan fingerprint density at radius 2 is 1.97 bits per heavy atom. The van der Waals surface area contributed by atoms with Gasteiger partial charge in [-0.15, -0.1) is 5.10 Å². The molecule has 0 spiro atoms. The van der Waals surface area contributed by atoms with Crippen molar-refractivity contribution in [3.8, 4) is 11.5 Å². The van der Waals surface area contributed by atoms with Crippen molar-refractivity contribution in [2.75, 3.05) is 13.4 Å². The Bertz CT molecular complexity index is 1460. The molecule has 186 valence electrons. The number of hydrogen-bond donors (Lipinski definition) is 1. The average molecular weight is 491 g/mol. The summed E-state index contributed by atoms with van der Waals surface area (Å²) < 4.78 is 17.4. The van der Waals surface area contributed by atoms with Gasteiger partial charge in [0.25, 0.3) is 5.56 Å². The maximum atomic E-state index is 12.9. The second-order valence-electron chi connectivity index (χ2n) is 8.60. The Morgan fingerprint density at radius 1 is 1.11 bits per heavy atom. The largest absolute Gasteiger partial charge is 0.465 e. The van der Waals surface area contributed by atoms with Gasteiger partial charge in [0.15, 0.2) is 17.3 Å². The summed E-state index contributed by atoms with van der Waals surface area (Å²) in [5, 5.41) is 12.7. The molecular weight excluding hydrogens is 464 g/mol. The molecule has 11 nitrogen and oxygen atoms in total. The van der Waals surface area contributed by atoms with Crippen LogP contribution in [0.25, 0.3) is 10.9 Å². The average Bonchev–Trinajstić information content (AvgIpc) is 3.49. The van der Waals surface area contributed by atoms with Crippen molar-refractivity contribution >= 4 is 16.9 Å². The van der Waals surface area contributed by atoms with Crippen molar-refractivity contribution in [3.63, 3.8) is 0 Å².